The van der Waals surface area contributed by atoms with Crippen LogP contribution in [0.5, 0.6) is 0 Å². The molecule has 0 heterocycles. The lowest BCUT2D eigenvalue weighted by Gasteiger charge is -2.00. The lowest BCUT2D eigenvalue weighted by molar-refractivity contribution is 0.506. The molecule has 0 N–H and O–H groups in total. The Balaban J connectivity index is 2.53. The lowest BCUT2D eigenvalue weighted by atomic mass is 10.1. The zero-order valence-electron chi connectivity index (χ0n) is 7.82. The van der Waals surface area contributed by atoms with Gasteiger partial charge in [0.05, 0.1) is 0 Å². The molecule has 0 saturated heterocycles. The number of aryl methyl sites for hydroxylation is 1. The van der Waals surface area contributed by atoms with Crippen LogP contribution in [0.25, 0.3) is 0 Å². The van der Waals surface area contributed by atoms with E-state index >= 15 is 0 Å². The zero-order chi connectivity index (χ0) is 9.68. The molecular weight excluding hydrogens is 170 g/mol. The molecule has 0 bridgehead atoms. The van der Waals surface area contributed by atoms with Crippen molar-refractivity contribution in [1.82, 2.24) is 0 Å². The van der Waals surface area contributed by atoms with E-state index in [1.54, 1.807) is 6.07 Å². The van der Waals surface area contributed by atoms with Gasteiger partial charge in [0, 0.05) is 0 Å². The topological polar surface area (TPSA) is 0 Å². The minimum atomic E-state index is -0.765. The van der Waals surface area contributed by atoms with E-state index in [-0.39, 0.29) is 0 Å². The van der Waals surface area contributed by atoms with E-state index < -0.39 is 11.6 Å². The Labute approximate surface area is 77.6 Å². The van der Waals surface area contributed by atoms with Crippen molar-refractivity contribution in [2.24, 2.45) is 0 Å². The monoisotopic (exact) mass is 184 g/mol. The summed E-state index contributed by atoms with van der Waals surface area (Å²) in [5.74, 6) is -1.51. The molecule has 0 aliphatic rings. The Hall–Kier alpha value is -0.920. The van der Waals surface area contributed by atoms with Crippen molar-refractivity contribution in [1.29, 1.82) is 0 Å². The molecule has 0 aromatic heterocycles. The van der Waals surface area contributed by atoms with Crippen molar-refractivity contribution in [3.05, 3.63) is 35.4 Å². The smallest absolute Gasteiger partial charge is 0.159 e. The highest BCUT2D eigenvalue weighted by molar-refractivity contribution is 5.17. The van der Waals surface area contributed by atoms with Gasteiger partial charge in [-0.2, -0.15) is 0 Å². The van der Waals surface area contributed by atoms with Crippen LogP contribution in [0.1, 0.15) is 31.7 Å². The Bertz CT molecular complexity index is 269. The van der Waals surface area contributed by atoms with Crippen LogP contribution in [-0.2, 0) is 6.42 Å². The van der Waals surface area contributed by atoms with Crippen LogP contribution in [0, 0.1) is 11.6 Å². The van der Waals surface area contributed by atoms with Crippen molar-refractivity contribution in [3.63, 3.8) is 0 Å². The summed E-state index contributed by atoms with van der Waals surface area (Å²) in [5, 5.41) is 0. The molecule has 0 amide bonds. The second kappa shape index (κ2) is 4.95. The van der Waals surface area contributed by atoms with Gasteiger partial charge in [0.25, 0.3) is 0 Å². The van der Waals surface area contributed by atoms with E-state index in [1.165, 1.54) is 12.1 Å². The van der Waals surface area contributed by atoms with Gasteiger partial charge in [-0.05, 0) is 30.5 Å². The molecule has 0 nitrogen and oxygen atoms in total. The largest absolute Gasteiger partial charge is 0.204 e. The van der Waals surface area contributed by atoms with Gasteiger partial charge in [-0.1, -0.05) is 25.8 Å². The average molecular weight is 184 g/mol. The quantitative estimate of drug-likeness (QED) is 0.626. The standard InChI is InChI=1S/C11H14F2/c1-2-3-4-5-9-6-7-10(12)11(13)8-9/h6-8H,2-5H2,1H3. The molecule has 13 heavy (non-hydrogen) atoms. The first-order valence-electron chi connectivity index (χ1n) is 4.68. The van der Waals surface area contributed by atoms with Gasteiger partial charge in [0.2, 0.25) is 0 Å². The van der Waals surface area contributed by atoms with Crippen LogP contribution >= 0.6 is 0 Å². The summed E-state index contributed by atoms with van der Waals surface area (Å²) in [5.41, 5.74) is 0.882. The van der Waals surface area contributed by atoms with Crippen LogP contribution in [0.3, 0.4) is 0 Å². The molecule has 1 rings (SSSR count). The van der Waals surface area contributed by atoms with Crippen molar-refractivity contribution in [2.45, 2.75) is 32.6 Å². The molecule has 0 spiro atoms. The number of unbranched alkanes of at least 4 members (excludes halogenated alkanes) is 2. The second-order valence-electron chi connectivity index (χ2n) is 3.21. The fourth-order valence-electron chi connectivity index (χ4n) is 1.27. The second-order valence-corrected chi connectivity index (χ2v) is 3.21. The fourth-order valence-corrected chi connectivity index (χ4v) is 1.27. The van der Waals surface area contributed by atoms with Crippen molar-refractivity contribution in [2.75, 3.05) is 0 Å². The van der Waals surface area contributed by atoms with Crippen molar-refractivity contribution >= 4 is 0 Å². The first kappa shape index (κ1) is 10.2. The molecule has 1 aromatic rings. The number of hydrogen-bond acceptors (Lipinski definition) is 0. The maximum Gasteiger partial charge on any atom is 0.159 e. The third-order valence-corrected chi connectivity index (χ3v) is 2.05. The first-order chi connectivity index (χ1) is 6.24. The summed E-state index contributed by atoms with van der Waals surface area (Å²) in [4.78, 5) is 0. The van der Waals surface area contributed by atoms with Crippen LogP contribution in [0.2, 0.25) is 0 Å². The van der Waals surface area contributed by atoms with Gasteiger partial charge in [-0.25, -0.2) is 8.78 Å². The van der Waals surface area contributed by atoms with Crippen LogP contribution in [0.15, 0.2) is 18.2 Å². The van der Waals surface area contributed by atoms with Crippen LogP contribution < -0.4 is 0 Å². The highest BCUT2D eigenvalue weighted by atomic mass is 19.2. The molecule has 0 aliphatic carbocycles. The summed E-state index contributed by atoms with van der Waals surface area (Å²) in [7, 11) is 0. The van der Waals surface area contributed by atoms with Gasteiger partial charge in [0.1, 0.15) is 0 Å². The predicted octanol–water partition coefficient (Wildman–Crippen LogP) is 3.70. The molecule has 0 unspecified atom stereocenters. The fraction of sp³-hybridized carbons (Fsp3) is 0.455. The Morgan fingerprint density at radius 2 is 1.85 bits per heavy atom. The lowest BCUT2D eigenvalue weighted by Crippen LogP contribution is -1.89. The Kier molecular flexibility index (Phi) is 3.87. The first-order valence-corrected chi connectivity index (χ1v) is 4.68. The summed E-state index contributed by atoms with van der Waals surface area (Å²) in [6, 6.07) is 4.12. The summed E-state index contributed by atoms with van der Waals surface area (Å²) < 4.78 is 25.2. The highest BCUT2D eigenvalue weighted by Gasteiger charge is 2.01. The normalized spacial score (nSPS) is 10.4. The maximum atomic E-state index is 12.7. The van der Waals surface area contributed by atoms with Gasteiger partial charge in [-0.3, -0.25) is 0 Å². The predicted molar refractivity (Wildman–Crippen MR) is 49.6 cm³/mol. The molecule has 0 fully saturated rings. The number of halogens is 2. The van der Waals surface area contributed by atoms with E-state index in [4.69, 9.17) is 0 Å². The molecule has 1 aromatic carbocycles. The van der Waals surface area contributed by atoms with Crippen molar-refractivity contribution < 1.29 is 8.78 Å². The Morgan fingerprint density at radius 3 is 2.46 bits per heavy atom. The molecule has 0 radical (unpaired) electrons. The van der Waals surface area contributed by atoms with Gasteiger partial charge >= 0.3 is 0 Å². The third kappa shape index (κ3) is 3.13. The van der Waals surface area contributed by atoms with Crippen LogP contribution in [-0.4, -0.2) is 0 Å². The third-order valence-electron chi connectivity index (χ3n) is 2.05. The Morgan fingerprint density at radius 1 is 1.08 bits per heavy atom. The summed E-state index contributed by atoms with van der Waals surface area (Å²) in [6.07, 6.45) is 4.16. The molecule has 0 saturated carbocycles. The number of hydrogen-bond donors (Lipinski definition) is 0. The van der Waals surface area contributed by atoms with Crippen molar-refractivity contribution in [3.8, 4) is 0 Å². The molecule has 2 heteroatoms. The van der Waals surface area contributed by atoms with Crippen LogP contribution in [0.4, 0.5) is 8.78 Å². The molecule has 72 valence electrons. The minimum absolute atomic E-state index is 0.742. The van der Waals surface area contributed by atoms with E-state index in [1.807, 2.05) is 0 Å². The average Bonchev–Trinajstić information content (AvgIpc) is 2.12. The molecular formula is C11H14F2. The van der Waals surface area contributed by atoms with E-state index in [0.717, 1.165) is 31.2 Å². The molecule has 0 atom stereocenters. The number of benzene rings is 1. The van der Waals surface area contributed by atoms with Gasteiger partial charge < -0.3 is 0 Å². The van der Waals surface area contributed by atoms with E-state index in [2.05, 4.69) is 6.92 Å². The number of rotatable bonds is 4. The van der Waals surface area contributed by atoms with Gasteiger partial charge in [-0.15, -0.1) is 0 Å². The summed E-state index contributed by atoms with van der Waals surface area (Å²) >= 11 is 0. The highest BCUT2D eigenvalue weighted by Crippen LogP contribution is 2.11. The van der Waals surface area contributed by atoms with Gasteiger partial charge in [0.15, 0.2) is 11.6 Å². The SMILES string of the molecule is CCCCCc1ccc(F)c(F)c1. The zero-order valence-corrected chi connectivity index (χ0v) is 7.82. The minimum Gasteiger partial charge on any atom is -0.204 e. The summed E-state index contributed by atoms with van der Waals surface area (Å²) in [6.45, 7) is 2.12. The van der Waals surface area contributed by atoms with E-state index in [0.29, 0.717) is 0 Å². The molecule has 0 aliphatic heterocycles. The maximum absolute atomic E-state index is 12.7. The van der Waals surface area contributed by atoms with E-state index in [9.17, 15) is 8.78 Å².